The molecular weight excluding hydrogens is 348 g/mol. The molecule has 0 heterocycles. The van der Waals surface area contributed by atoms with E-state index in [1.165, 1.54) is 16.7 Å². The number of hydrogen-bond acceptors (Lipinski definition) is 3. The molecule has 0 fully saturated rings. The van der Waals surface area contributed by atoms with Gasteiger partial charge in [0.1, 0.15) is 5.75 Å². The number of benzene rings is 2. The molecule has 1 amide bonds. The third-order valence-electron chi connectivity index (χ3n) is 4.84. The van der Waals surface area contributed by atoms with Crippen LogP contribution in [0, 0.1) is 0 Å². The minimum absolute atomic E-state index is 0. The zero-order valence-electron chi connectivity index (χ0n) is 15.2. The average Bonchev–Trinajstić information content (AvgIpc) is 2.62. The second-order valence-electron chi connectivity index (χ2n) is 6.67. The third-order valence-corrected chi connectivity index (χ3v) is 4.84. The number of nitrogens with two attached hydrogens (primary N) is 1. The van der Waals surface area contributed by atoms with Crippen molar-refractivity contribution in [3.05, 3.63) is 59.2 Å². The molecule has 1 aliphatic carbocycles. The second-order valence-corrected chi connectivity index (χ2v) is 6.67. The molecule has 26 heavy (non-hydrogen) atoms. The lowest BCUT2D eigenvalue weighted by molar-refractivity contribution is -0.122. The number of carbonyl (C=O) groups excluding carboxylic acids is 1. The van der Waals surface area contributed by atoms with Gasteiger partial charge in [0.05, 0.1) is 13.2 Å². The number of halogens is 1. The summed E-state index contributed by atoms with van der Waals surface area (Å²) in [7, 11) is 1.66. The van der Waals surface area contributed by atoms with Crippen LogP contribution in [-0.2, 0) is 17.6 Å². The Labute approximate surface area is 161 Å². The third kappa shape index (κ3) is 5.15. The first-order valence-electron chi connectivity index (χ1n) is 8.96. The van der Waals surface area contributed by atoms with Crippen molar-refractivity contribution in [2.24, 2.45) is 0 Å². The predicted octanol–water partition coefficient (Wildman–Crippen LogP) is 4.22. The normalized spacial score (nSPS) is 15.5. The number of methoxy groups -OCH3 is 1. The fraction of sp³-hybridized carbons (Fsp3) is 0.381. The number of nitrogen functional groups attached to an aromatic ring is 1. The molecule has 0 radical (unpaired) electrons. The molecule has 0 saturated carbocycles. The summed E-state index contributed by atoms with van der Waals surface area (Å²) < 4.78 is 5.16. The van der Waals surface area contributed by atoms with Gasteiger partial charge in [-0.1, -0.05) is 18.2 Å². The van der Waals surface area contributed by atoms with Gasteiger partial charge in [0.25, 0.3) is 0 Å². The molecule has 0 saturated heterocycles. The standard InChI is InChI=1S/C21H26N2O2.ClH/c1-25-18-11-8-15(9-12-18)4-2-7-21(24)23-20-6-3-5-16-14-17(22)10-13-19(16)20;/h8-14,20H,2-7,22H2,1H3,(H,23,24);1H. The Kier molecular flexibility index (Phi) is 7.34. The molecule has 5 heteroatoms. The Balaban J connectivity index is 0.00000243. The zero-order valence-corrected chi connectivity index (χ0v) is 16.0. The summed E-state index contributed by atoms with van der Waals surface area (Å²) in [6.45, 7) is 0. The lowest BCUT2D eigenvalue weighted by atomic mass is 9.87. The highest BCUT2D eigenvalue weighted by molar-refractivity contribution is 5.85. The van der Waals surface area contributed by atoms with Crippen molar-refractivity contribution < 1.29 is 9.53 Å². The van der Waals surface area contributed by atoms with Crippen molar-refractivity contribution in [1.82, 2.24) is 5.32 Å². The van der Waals surface area contributed by atoms with E-state index in [-0.39, 0.29) is 24.4 Å². The smallest absolute Gasteiger partial charge is 0.220 e. The summed E-state index contributed by atoms with van der Waals surface area (Å²) >= 11 is 0. The highest BCUT2D eigenvalue weighted by atomic mass is 35.5. The molecule has 0 spiro atoms. The summed E-state index contributed by atoms with van der Waals surface area (Å²) in [5, 5.41) is 3.20. The van der Waals surface area contributed by atoms with Gasteiger partial charge in [-0.05, 0) is 73.1 Å². The second kappa shape index (κ2) is 9.48. The van der Waals surface area contributed by atoms with Crippen molar-refractivity contribution in [1.29, 1.82) is 0 Å². The Hall–Kier alpha value is -2.20. The van der Waals surface area contributed by atoms with Gasteiger partial charge in [0, 0.05) is 12.1 Å². The Morgan fingerprint density at radius 3 is 2.73 bits per heavy atom. The highest BCUT2D eigenvalue weighted by Gasteiger charge is 2.21. The van der Waals surface area contributed by atoms with E-state index in [1.807, 2.05) is 24.3 Å². The molecule has 2 aromatic carbocycles. The fourth-order valence-electron chi connectivity index (χ4n) is 3.50. The molecule has 0 bridgehead atoms. The van der Waals surface area contributed by atoms with Crippen LogP contribution >= 0.6 is 12.4 Å². The zero-order chi connectivity index (χ0) is 17.6. The van der Waals surface area contributed by atoms with Crippen LogP contribution < -0.4 is 15.8 Å². The molecule has 4 nitrogen and oxygen atoms in total. The topological polar surface area (TPSA) is 64.3 Å². The predicted molar refractivity (Wildman–Crippen MR) is 108 cm³/mol. The van der Waals surface area contributed by atoms with Gasteiger partial charge in [-0.2, -0.15) is 0 Å². The number of ether oxygens (including phenoxy) is 1. The van der Waals surface area contributed by atoms with E-state index in [9.17, 15) is 4.79 Å². The summed E-state index contributed by atoms with van der Waals surface area (Å²) in [6, 6.07) is 14.2. The number of hydrogen-bond donors (Lipinski definition) is 2. The first-order valence-corrected chi connectivity index (χ1v) is 8.96. The summed E-state index contributed by atoms with van der Waals surface area (Å²) in [5.41, 5.74) is 10.4. The number of rotatable bonds is 6. The van der Waals surface area contributed by atoms with Gasteiger partial charge in [0.15, 0.2) is 0 Å². The number of anilines is 1. The monoisotopic (exact) mass is 374 g/mol. The maximum Gasteiger partial charge on any atom is 0.220 e. The number of amides is 1. The summed E-state index contributed by atoms with van der Waals surface area (Å²) in [5.74, 6) is 0.987. The number of nitrogens with one attached hydrogen (secondary N) is 1. The van der Waals surface area contributed by atoms with Crippen LogP contribution in [0.25, 0.3) is 0 Å². The Bertz CT molecular complexity index is 731. The Morgan fingerprint density at radius 1 is 1.23 bits per heavy atom. The minimum atomic E-state index is 0. The quantitative estimate of drug-likeness (QED) is 0.744. The molecule has 1 aliphatic rings. The largest absolute Gasteiger partial charge is 0.497 e. The molecule has 0 aromatic heterocycles. The molecule has 3 rings (SSSR count). The van der Waals surface area contributed by atoms with Gasteiger partial charge in [-0.25, -0.2) is 0 Å². The van der Waals surface area contributed by atoms with Crippen LogP contribution in [-0.4, -0.2) is 13.0 Å². The molecule has 1 unspecified atom stereocenters. The van der Waals surface area contributed by atoms with Crippen LogP contribution in [0.5, 0.6) is 5.75 Å². The van der Waals surface area contributed by atoms with Crippen LogP contribution in [0.2, 0.25) is 0 Å². The van der Waals surface area contributed by atoms with Gasteiger partial charge >= 0.3 is 0 Å². The molecule has 1 atom stereocenters. The number of fused-ring (bicyclic) bond motifs is 1. The maximum absolute atomic E-state index is 12.3. The van der Waals surface area contributed by atoms with Crippen LogP contribution in [0.15, 0.2) is 42.5 Å². The van der Waals surface area contributed by atoms with Gasteiger partial charge in [-0.15, -0.1) is 12.4 Å². The van der Waals surface area contributed by atoms with E-state index < -0.39 is 0 Å². The van der Waals surface area contributed by atoms with Crippen molar-refractivity contribution in [3.8, 4) is 5.75 Å². The first-order chi connectivity index (χ1) is 12.2. The molecule has 2 aromatic rings. The lowest BCUT2D eigenvalue weighted by Crippen LogP contribution is -2.30. The number of aryl methyl sites for hydroxylation is 2. The maximum atomic E-state index is 12.3. The molecule has 3 N–H and O–H groups in total. The lowest BCUT2D eigenvalue weighted by Gasteiger charge is -2.26. The molecule has 0 aliphatic heterocycles. The van der Waals surface area contributed by atoms with Crippen LogP contribution in [0.1, 0.15) is 48.4 Å². The van der Waals surface area contributed by atoms with E-state index in [0.29, 0.717) is 6.42 Å². The van der Waals surface area contributed by atoms with Gasteiger partial charge in [0.2, 0.25) is 5.91 Å². The fourth-order valence-corrected chi connectivity index (χ4v) is 3.50. The van der Waals surface area contributed by atoms with E-state index >= 15 is 0 Å². The van der Waals surface area contributed by atoms with Gasteiger partial charge < -0.3 is 15.8 Å². The van der Waals surface area contributed by atoms with Crippen LogP contribution in [0.4, 0.5) is 5.69 Å². The molecule has 140 valence electrons. The average molecular weight is 375 g/mol. The van der Waals surface area contributed by atoms with Gasteiger partial charge in [-0.3, -0.25) is 4.79 Å². The van der Waals surface area contributed by atoms with E-state index in [2.05, 4.69) is 23.5 Å². The Morgan fingerprint density at radius 2 is 2.00 bits per heavy atom. The summed E-state index contributed by atoms with van der Waals surface area (Å²) in [6.07, 6.45) is 5.43. The molecular formula is C21H27ClN2O2. The summed E-state index contributed by atoms with van der Waals surface area (Å²) in [4.78, 5) is 12.3. The van der Waals surface area contributed by atoms with E-state index in [0.717, 1.165) is 43.5 Å². The van der Waals surface area contributed by atoms with Crippen molar-refractivity contribution in [2.45, 2.75) is 44.6 Å². The minimum Gasteiger partial charge on any atom is -0.497 e. The van der Waals surface area contributed by atoms with E-state index in [1.54, 1.807) is 7.11 Å². The number of carbonyl (C=O) groups is 1. The highest BCUT2D eigenvalue weighted by Crippen LogP contribution is 2.31. The van der Waals surface area contributed by atoms with Crippen molar-refractivity contribution in [3.63, 3.8) is 0 Å². The van der Waals surface area contributed by atoms with Crippen molar-refractivity contribution in [2.75, 3.05) is 12.8 Å². The van der Waals surface area contributed by atoms with Crippen LogP contribution in [0.3, 0.4) is 0 Å². The first kappa shape index (κ1) is 20.1. The SMILES string of the molecule is COc1ccc(CCCC(=O)NC2CCCc3cc(N)ccc32)cc1.Cl. The van der Waals surface area contributed by atoms with E-state index in [4.69, 9.17) is 10.5 Å². The van der Waals surface area contributed by atoms with Crippen molar-refractivity contribution >= 4 is 24.0 Å².